The van der Waals surface area contributed by atoms with Crippen LogP contribution in [0.15, 0.2) is 24.3 Å². The Morgan fingerprint density at radius 2 is 2.14 bits per heavy atom. The number of nitrogens with zero attached hydrogens (tertiary/aromatic N) is 1. The minimum atomic E-state index is -0.202. The summed E-state index contributed by atoms with van der Waals surface area (Å²) < 4.78 is 5.85. The zero-order valence-corrected chi connectivity index (χ0v) is 13.7. The highest BCUT2D eigenvalue weighted by Gasteiger charge is 2.41. The van der Waals surface area contributed by atoms with Crippen LogP contribution >= 0.6 is 11.3 Å². The minimum Gasteiger partial charge on any atom is -0.493 e. The lowest BCUT2D eigenvalue weighted by atomic mass is 9.85. The van der Waals surface area contributed by atoms with Gasteiger partial charge in [0.15, 0.2) is 0 Å². The van der Waals surface area contributed by atoms with E-state index in [9.17, 15) is 0 Å². The van der Waals surface area contributed by atoms with Crippen molar-refractivity contribution in [2.45, 2.75) is 39.2 Å². The first-order chi connectivity index (χ1) is 10.2. The molecule has 0 aliphatic carbocycles. The minimum absolute atomic E-state index is 0.202. The van der Waals surface area contributed by atoms with E-state index in [-0.39, 0.29) is 5.54 Å². The largest absolute Gasteiger partial charge is 0.493 e. The van der Waals surface area contributed by atoms with Crippen LogP contribution in [0.3, 0.4) is 0 Å². The molecular formula is C17H22N2OS. The second-order valence-corrected chi connectivity index (χ2v) is 6.61. The molecule has 3 rings (SSSR count). The second kappa shape index (κ2) is 5.78. The molecule has 2 aromatic rings. The van der Waals surface area contributed by atoms with E-state index in [4.69, 9.17) is 9.72 Å². The lowest BCUT2D eigenvalue weighted by Crippen LogP contribution is -2.46. The number of aromatic nitrogens is 1. The molecule has 1 aromatic carbocycles. The van der Waals surface area contributed by atoms with Crippen LogP contribution in [0.2, 0.25) is 0 Å². The van der Waals surface area contributed by atoms with Crippen molar-refractivity contribution in [1.29, 1.82) is 0 Å². The highest BCUT2D eigenvalue weighted by Crippen LogP contribution is 2.43. The number of benzene rings is 1. The van der Waals surface area contributed by atoms with Crippen LogP contribution in [0.4, 0.5) is 0 Å². The van der Waals surface area contributed by atoms with E-state index < -0.39 is 0 Å². The van der Waals surface area contributed by atoms with Gasteiger partial charge in [-0.25, -0.2) is 4.98 Å². The van der Waals surface area contributed by atoms with Gasteiger partial charge in [-0.05, 0) is 26.0 Å². The van der Waals surface area contributed by atoms with Gasteiger partial charge in [-0.15, -0.1) is 11.3 Å². The smallest absolute Gasteiger partial charge is 0.124 e. The fraction of sp³-hybridized carbons (Fsp3) is 0.471. The molecule has 1 unspecified atom stereocenters. The molecule has 0 saturated heterocycles. The number of fused-ring (bicyclic) bond motifs is 1. The van der Waals surface area contributed by atoms with E-state index in [1.165, 1.54) is 21.1 Å². The van der Waals surface area contributed by atoms with Gasteiger partial charge in [0.1, 0.15) is 16.3 Å². The Hall–Kier alpha value is -1.39. The number of aryl methyl sites for hydroxylation is 2. The number of nitrogens with one attached hydrogen (secondary N) is 1. The molecule has 1 aromatic heterocycles. The maximum atomic E-state index is 5.85. The fourth-order valence-corrected chi connectivity index (χ4v) is 4.33. The second-order valence-electron chi connectivity index (χ2n) is 5.41. The summed E-state index contributed by atoms with van der Waals surface area (Å²) in [5.74, 6) is 0.982. The van der Waals surface area contributed by atoms with E-state index in [1.807, 2.05) is 17.4 Å². The molecule has 112 valence electrons. The van der Waals surface area contributed by atoms with E-state index in [0.717, 1.165) is 31.7 Å². The third kappa shape index (κ3) is 2.36. The van der Waals surface area contributed by atoms with Gasteiger partial charge in [0.05, 0.1) is 12.3 Å². The standard InChI is InChI=1S/C17H22N2OS/c1-4-14-12(3)21-16(19-14)17(18-5-2)10-11-20-15-9-7-6-8-13(15)17/h6-9,18H,4-5,10-11H2,1-3H3. The molecule has 1 N–H and O–H groups in total. The predicted octanol–water partition coefficient (Wildman–Crippen LogP) is 3.65. The summed E-state index contributed by atoms with van der Waals surface area (Å²) in [4.78, 5) is 6.27. The van der Waals surface area contributed by atoms with Crippen LogP contribution in [-0.4, -0.2) is 18.1 Å². The van der Waals surface area contributed by atoms with Crippen LogP contribution in [0.1, 0.15) is 41.4 Å². The molecule has 1 aliphatic heterocycles. The quantitative estimate of drug-likeness (QED) is 0.936. The molecule has 0 saturated carbocycles. The summed E-state index contributed by atoms with van der Waals surface area (Å²) in [6.07, 6.45) is 1.91. The molecule has 0 radical (unpaired) electrons. The van der Waals surface area contributed by atoms with Gasteiger partial charge >= 0.3 is 0 Å². The number of ether oxygens (including phenoxy) is 1. The Balaban J connectivity index is 2.17. The summed E-state index contributed by atoms with van der Waals surface area (Å²) in [5.41, 5.74) is 2.23. The van der Waals surface area contributed by atoms with Crippen LogP contribution in [0.25, 0.3) is 0 Å². The third-order valence-corrected chi connectivity index (χ3v) is 5.33. The normalized spacial score (nSPS) is 20.9. The molecule has 0 amide bonds. The fourth-order valence-electron chi connectivity index (χ4n) is 3.12. The van der Waals surface area contributed by atoms with Crippen molar-refractivity contribution in [1.82, 2.24) is 10.3 Å². The SMILES string of the molecule is CCNC1(c2nc(CC)c(C)s2)CCOc2ccccc21. The van der Waals surface area contributed by atoms with Crippen molar-refractivity contribution >= 4 is 11.3 Å². The van der Waals surface area contributed by atoms with Crippen LogP contribution in [-0.2, 0) is 12.0 Å². The Labute approximate surface area is 130 Å². The average molecular weight is 302 g/mol. The van der Waals surface area contributed by atoms with Crippen LogP contribution in [0, 0.1) is 6.92 Å². The molecule has 4 heteroatoms. The van der Waals surface area contributed by atoms with Crippen molar-refractivity contribution in [3.63, 3.8) is 0 Å². The molecule has 0 fully saturated rings. The van der Waals surface area contributed by atoms with Gasteiger partial charge in [-0.2, -0.15) is 0 Å². The van der Waals surface area contributed by atoms with Gasteiger partial charge in [-0.3, -0.25) is 0 Å². The van der Waals surface area contributed by atoms with Crippen molar-refractivity contribution in [2.75, 3.05) is 13.2 Å². The monoisotopic (exact) mass is 302 g/mol. The Morgan fingerprint density at radius 1 is 1.33 bits per heavy atom. The van der Waals surface area contributed by atoms with E-state index in [1.54, 1.807) is 0 Å². The Bertz CT molecular complexity index is 637. The maximum absolute atomic E-state index is 5.85. The van der Waals surface area contributed by atoms with Crippen LogP contribution < -0.4 is 10.1 Å². The van der Waals surface area contributed by atoms with Gasteiger partial charge in [0.2, 0.25) is 0 Å². The number of thiazole rings is 1. The molecule has 0 spiro atoms. The third-order valence-electron chi connectivity index (χ3n) is 4.15. The molecule has 21 heavy (non-hydrogen) atoms. The van der Waals surface area contributed by atoms with Gasteiger partial charge < -0.3 is 10.1 Å². The summed E-state index contributed by atoms with van der Waals surface area (Å²) in [6, 6.07) is 8.34. The zero-order valence-electron chi connectivity index (χ0n) is 12.9. The number of hydrogen-bond acceptors (Lipinski definition) is 4. The van der Waals surface area contributed by atoms with Gasteiger partial charge in [0, 0.05) is 16.9 Å². The molecule has 0 bridgehead atoms. The highest BCUT2D eigenvalue weighted by molar-refractivity contribution is 7.11. The molecule has 2 heterocycles. The van der Waals surface area contributed by atoms with Gasteiger partial charge in [0.25, 0.3) is 0 Å². The summed E-state index contributed by atoms with van der Waals surface area (Å²) in [6.45, 7) is 8.13. The van der Waals surface area contributed by atoms with Crippen molar-refractivity contribution in [3.05, 3.63) is 45.4 Å². The van der Waals surface area contributed by atoms with Gasteiger partial charge in [-0.1, -0.05) is 32.0 Å². The Morgan fingerprint density at radius 3 is 2.86 bits per heavy atom. The van der Waals surface area contributed by atoms with Crippen molar-refractivity contribution < 1.29 is 4.74 Å². The average Bonchev–Trinajstić information content (AvgIpc) is 2.89. The molecular weight excluding hydrogens is 280 g/mol. The summed E-state index contributed by atoms with van der Waals surface area (Å²) in [7, 11) is 0. The number of para-hydroxylation sites is 1. The van der Waals surface area contributed by atoms with E-state index in [2.05, 4.69) is 44.3 Å². The summed E-state index contributed by atoms with van der Waals surface area (Å²) >= 11 is 1.82. The predicted molar refractivity (Wildman–Crippen MR) is 87.2 cm³/mol. The van der Waals surface area contributed by atoms with E-state index in [0.29, 0.717) is 0 Å². The van der Waals surface area contributed by atoms with Crippen molar-refractivity contribution in [2.24, 2.45) is 0 Å². The lowest BCUT2D eigenvalue weighted by Gasteiger charge is -2.38. The number of rotatable bonds is 4. The highest BCUT2D eigenvalue weighted by atomic mass is 32.1. The first kappa shape index (κ1) is 14.5. The first-order valence-electron chi connectivity index (χ1n) is 7.65. The molecule has 3 nitrogen and oxygen atoms in total. The Kier molecular flexibility index (Phi) is 4.00. The zero-order chi connectivity index (χ0) is 14.9. The first-order valence-corrected chi connectivity index (χ1v) is 8.47. The molecule has 1 atom stereocenters. The van der Waals surface area contributed by atoms with Crippen LogP contribution in [0.5, 0.6) is 5.75 Å². The maximum Gasteiger partial charge on any atom is 0.124 e. The number of hydrogen-bond donors (Lipinski definition) is 1. The van der Waals surface area contributed by atoms with E-state index >= 15 is 0 Å². The van der Waals surface area contributed by atoms with Crippen molar-refractivity contribution in [3.8, 4) is 5.75 Å². The lowest BCUT2D eigenvalue weighted by molar-refractivity contribution is 0.212. The topological polar surface area (TPSA) is 34.2 Å². The summed E-state index contributed by atoms with van der Waals surface area (Å²) in [5, 5.41) is 4.88. The molecule has 1 aliphatic rings.